The fourth-order valence-corrected chi connectivity index (χ4v) is 2.53. The summed E-state index contributed by atoms with van der Waals surface area (Å²) in [7, 11) is 1.64. The molecule has 0 bridgehead atoms. The number of nitrogens with two attached hydrogens (primary N) is 1. The van der Waals surface area contributed by atoms with Crippen LogP contribution < -0.4 is 5.73 Å². The molecule has 104 valence electrons. The number of aryl methyl sites for hydroxylation is 1. The molecule has 0 aliphatic carbocycles. The predicted octanol–water partition coefficient (Wildman–Crippen LogP) is 2.23. The molecular weight excluding hydrogens is 264 g/mol. The van der Waals surface area contributed by atoms with Crippen LogP contribution >= 0.6 is 11.3 Å². The van der Waals surface area contributed by atoms with Gasteiger partial charge in [-0.1, -0.05) is 12.1 Å². The van der Waals surface area contributed by atoms with Crippen molar-refractivity contribution in [1.29, 1.82) is 0 Å². The summed E-state index contributed by atoms with van der Waals surface area (Å²) < 4.78 is 10.8. The van der Waals surface area contributed by atoms with Gasteiger partial charge in [0.05, 0.1) is 5.69 Å². The third kappa shape index (κ3) is 2.54. The first-order valence-electron chi connectivity index (χ1n) is 6.10. The van der Waals surface area contributed by atoms with Gasteiger partial charge in [-0.05, 0) is 20.3 Å². The minimum absolute atomic E-state index is 0.414. The van der Waals surface area contributed by atoms with E-state index in [0.29, 0.717) is 18.3 Å². The zero-order valence-electron chi connectivity index (χ0n) is 11.6. The standard InChI is InChI=1S/C12H18N4O2S/c1-5-12(3,17-4)11-15-10(18-16-11)9-7(2)14-8(6-13)19-9/h5-6,13H2,1-4H3. The van der Waals surface area contributed by atoms with Gasteiger partial charge in [-0.25, -0.2) is 4.98 Å². The van der Waals surface area contributed by atoms with Gasteiger partial charge in [0.25, 0.3) is 5.89 Å². The van der Waals surface area contributed by atoms with E-state index in [-0.39, 0.29) is 0 Å². The number of ether oxygens (including phenoxy) is 1. The second kappa shape index (κ2) is 5.36. The molecule has 1 unspecified atom stereocenters. The van der Waals surface area contributed by atoms with Crippen LogP contribution in [0.1, 0.15) is 36.8 Å². The van der Waals surface area contributed by atoms with Crippen molar-refractivity contribution in [3.05, 3.63) is 16.5 Å². The second-order valence-electron chi connectivity index (χ2n) is 4.44. The van der Waals surface area contributed by atoms with E-state index in [1.807, 2.05) is 20.8 Å². The molecule has 19 heavy (non-hydrogen) atoms. The summed E-state index contributed by atoms with van der Waals surface area (Å²) in [5.74, 6) is 1.02. The molecular formula is C12H18N4O2S. The molecule has 0 spiro atoms. The van der Waals surface area contributed by atoms with E-state index in [4.69, 9.17) is 15.0 Å². The average molecular weight is 282 g/mol. The SMILES string of the molecule is CCC(C)(OC)c1noc(-c2sc(CN)nc2C)n1. The third-order valence-corrected chi connectivity index (χ3v) is 4.40. The highest BCUT2D eigenvalue weighted by Gasteiger charge is 2.30. The Kier molecular flexibility index (Phi) is 3.98. The number of hydrogen-bond donors (Lipinski definition) is 1. The zero-order valence-corrected chi connectivity index (χ0v) is 12.4. The molecule has 0 saturated carbocycles. The summed E-state index contributed by atoms with van der Waals surface area (Å²) in [5, 5.41) is 4.88. The van der Waals surface area contributed by atoms with Crippen LogP contribution in [-0.2, 0) is 16.9 Å². The number of aromatic nitrogens is 3. The number of thiazole rings is 1. The minimum atomic E-state index is -0.531. The van der Waals surface area contributed by atoms with Crippen LogP contribution in [0.25, 0.3) is 10.8 Å². The lowest BCUT2D eigenvalue weighted by Crippen LogP contribution is -2.24. The summed E-state index contributed by atoms with van der Waals surface area (Å²) in [6.45, 7) is 6.28. The lowest BCUT2D eigenvalue weighted by Gasteiger charge is -2.21. The molecule has 0 aliphatic rings. The van der Waals surface area contributed by atoms with Crippen molar-refractivity contribution in [2.75, 3.05) is 7.11 Å². The lowest BCUT2D eigenvalue weighted by molar-refractivity contribution is -0.0106. The Morgan fingerprint density at radius 1 is 1.42 bits per heavy atom. The molecule has 2 N–H and O–H groups in total. The fraction of sp³-hybridized carbons (Fsp3) is 0.583. The number of rotatable bonds is 5. The Bertz CT molecular complexity index is 560. The van der Waals surface area contributed by atoms with Crippen molar-refractivity contribution in [2.45, 2.75) is 39.3 Å². The van der Waals surface area contributed by atoms with Crippen LogP contribution in [0.4, 0.5) is 0 Å². The smallest absolute Gasteiger partial charge is 0.270 e. The van der Waals surface area contributed by atoms with Crippen molar-refractivity contribution in [3.63, 3.8) is 0 Å². The first-order valence-corrected chi connectivity index (χ1v) is 6.91. The lowest BCUT2D eigenvalue weighted by atomic mass is 10.0. The molecule has 0 aliphatic heterocycles. The topological polar surface area (TPSA) is 87.1 Å². The molecule has 2 heterocycles. The number of nitrogens with zero attached hydrogens (tertiary/aromatic N) is 3. The Labute approximate surface area is 116 Å². The van der Waals surface area contributed by atoms with E-state index in [1.54, 1.807) is 7.11 Å². The van der Waals surface area contributed by atoms with E-state index < -0.39 is 5.60 Å². The van der Waals surface area contributed by atoms with Crippen molar-refractivity contribution in [3.8, 4) is 10.8 Å². The zero-order chi connectivity index (χ0) is 14.0. The summed E-state index contributed by atoms with van der Waals surface area (Å²) >= 11 is 1.48. The summed E-state index contributed by atoms with van der Waals surface area (Å²) in [6, 6.07) is 0. The molecule has 7 heteroatoms. The molecule has 0 saturated heterocycles. The van der Waals surface area contributed by atoms with Crippen LogP contribution in [0.15, 0.2) is 4.52 Å². The van der Waals surface area contributed by atoms with E-state index in [2.05, 4.69) is 15.1 Å². The quantitative estimate of drug-likeness (QED) is 0.904. The summed E-state index contributed by atoms with van der Waals surface area (Å²) in [4.78, 5) is 9.65. The number of methoxy groups -OCH3 is 1. The van der Waals surface area contributed by atoms with Gasteiger partial charge in [-0.3, -0.25) is 0 Å². The molecule has 0 amide bonds. The van der Waals surface area contributed by atoms with Gasteiger partial charge in [0.1, 0.15) is 15.5 Å². The average Bonchev–Trinajstić information content (AvgIpc) is 3.04. The fourth-order valence-electron chi connectivity index (χ4n) is 1.66. The molecule has 0 fully saturated rings. The maximum absolute atomic E-state index is 5.59. The van der Waals surface area contributed by atoms with Gasteiger partial charge in [0.15, 0.2) is 0 Å². The summed E-state index contributed by atoms with van der Waals surface area (Å²) in [5.41, 5.74) is 5.92. The predicted molar refractivity (Wildman–Crippen MR) is 72.7 cm³/mol. The monoisotopic (exact) mass is 282 g/mol. The van der Waals surface area contributed by atoms with Gasteiger partial charge in [0, 0.05) is 13.7 Å². The molecule has 1 atom stereocenters. The maximum Gasteiger partial charge on any atom is 0.270 e. The van der Waals surface area contributed by atoms with E-state index >= 15 is 0 Å². The van der Waals surface area contributed by atoms with Gasteiger partial charge < -0.3 is 15.0 Å². The normalized spacial score (nSPS) is 14.6. The van der Waals surface area contributed by atoms with E-state index in [0.717, 1.165) is 22.0 Å². The molecule has 2 aromatic rings. The van der Waals surface area contributed by atoms with Gasteiger partial charge in [-0.2, -0.15) is 4.98 Å². The Balaban J connectivity index is 2.37. The third-order valence-electron chi connectivity index (χ3n) is 3.23. The van der Waals surface area contributed by atoms with Crippen LogP contribution in [0.2, 0.25) is 0 Å². The van der Waals surface area contributed by atoms with Crippen LogP contribution in [-0.4, -0.2) is 22.2 Å². The highest BCUT2D eigenvalue weighted by molar-refractivity contribution is 7.15. The Morgan fingerprint density at radius 2 is 2.16 bits per heavy atom. The maximum atomic E-state index is 5.59. The largest absolute Gasteiger partial charge is 0.370 e. The molecule has 2 aromatic heterocycles. The highest BCUT2D eigenvalue weighted by atomic mass is 32.1. The van der Waals surface area contributed by atoms with E-state index in [1.165, 1.54) is 11.3 Å². The Morgan fingerprint density at radius 3 is 2.68 bits per heavy atom. The molecule has 2 rings (SSSR count). The van der Waals surface area contributed by atoms with Gasteiger partial charge >= 0.3 is 0 Å². The van der Waals surface area contributed by atoms with Crippen molar-refractivity contribution in [1.82, 2.24) is 15.1 Å². The first kappa shape index (κ1) is 14.1. The van der Waals surface area contributed by atoms with Crippen molar-refractivity contribution >= 4 is 11.3 Å². The van der Waals surface area contributed by atoms with Crippen LogP contribution in [0, 0.1) is 6.92 Å². The molecule has 0 aromatic carbocycles. The van der Waals surface area contributed by atoms with Crippen LogP contribution in [0.3, 0.4) is 0 Å². The van der Waals surface area contributed by atoms with Gasteiger partial charge in [-0.15, -0.1) is 11.3 Å². The van der Waals surface area contributed by atoms with E-state index in [9.17, 15) is 0 Å². The van der Waals surface area contributed by atoms with Crippen LogP contribution in [0.5, 0.6) is 0 Å². The second-order valence-corrected chi connectivity index (χ2v) is 5.52. The highest BCUT2D eigenvalue weighted by Crippen LogP contribution is 2.32. The molecule has 0 radical (unpaired) electrons. The van der Waals surface area contributed by atoms with Gasteiger partial charge in [0.2, 0.25) is 5.82 Å². The number of hydrogen-bond acceptors (Lipinski definition) is 7. The first-order chi connectivity index (χ1) is 9.04. The van der Waals surface area contributed by atoms with Crippen molar-refractivity contribution in [2.24, 2.45) is 5.73 Å². The minimum Gasteiger partial charge on any atom is -0.370 e. The molecule has 6 nitrogen and oxygen atoms in total. The Hall–Kier alpha value is -1.31. The summed E-state index contributed by atoms with van der Waals surface area (Å²) in [6.07, 6.45) is 0.762. The van der Waals surface area contributed by atoms with Crippen molar-refractivity contribution < 1.29 is 9.26 Å².